The summed E-state index contributed by atoms with van der Waals surface area (Å²) >= 11 is 0. The molecule has 0 fully saturated rings. The van der Waals surface area contributed by atoms with Crippen LogP contribution >= 0.6 is 0 Å². The lowest BCUT2D eigenvalue weighted by Crippen LogP contribution is -2.40. The summed E-state index contributed by atoms with van der Waals surface area (Å²) in [6.07, 6.45) is -3.46. The Balaban J connectivity index is 0.00000235. The number of nitrogens with zero attached hydrogens (tertiary/aromatic N) is 4. The zero-order chi connectivity index (χ0) is 27.6. The first-order valence-corrected chi connectivity index (χ1v) is 10.8. The Kier molecular flexibility index (Phi) is 10.0. The van der Waals surface area contributed by atoms with Crippen LogP contribution in [-0.4, -0.2) is 51.4 Å². The molecule has 0 aliphatic carbocycles. The zero-order valence-corrected chi connectivity index (χ0v) is 19.9. The summed E-state index contributed by atoms with van der Waals surface area (Å²) in [5, 5.41) is 12.4. The summed E-state index contributed by atoms with van der Waals surface area (Å²) in [5.41, 5.74) is 12.8. The van der Waals surface area contributed by atoms with Gasteiger partial charge >= 0.3 is 12.4 Å². The number of ether oxygens (including phenoxy) is 2. The quantitative estimate of drug-likeness (QED) is 0.0660. The van der Waals surface area contributed by atoms with E-state index in [2.05, 4.69) is 19.9 Å². The lowest BCUT2D eigenvalue weighted by atomic mass is 10.0. The van der Waals surface area contributed by atoms with Gasteiger partial charge in [0, 0.05) is 11.9 Å². The molecule has 0 spiro atoms. The van der Waals surface area contributed by atoms with Crippen LogP contribution in [-0.2, 0) is 0 Å². The van der Waals surface area contributed by atoms with E-state index in [4.69, 9.17) is 27.3 Å². The third-order valence-electron chi connectivity index (χ3n) is 4.53. The Morgan fingerprint density at radius 2 is 1.76 bits per heavy atom. The van der Waals surface area contributed by atoms with Gasteiger partial charge in [-0.05, 0) is 41.5 Å². The van der Waals surface area contributed by atoms with Gasteiger partial charge < -0.3 is 26.1 Å². The molecule has 198 valence electrons. The van der Waals surface area contributed by atoms with Gasteiger partial charge in [-0.3, -0.25) is 9.80 Å². The fourth-order valence-corrected chi connectivity index (χ4v) is 2.87. The first-order valence-electron chi connectivity index (χ1n) is 10.8. The lowest BCUT2D eigenvalue weighted by Gasteiger charge is -2.18. The number of benzene rings is 2. The number of amides is 1. The summed E-state index contributed by atoms with van der Waals surface area (Å²) in [7, 11) is 0. The molecule has 37 heavy (non-hydrogen) atoms. The number of anilines is 1. The summed E-state index contributed by atoms with van der Waals surface area (Å²) < 4.78 is 46.3. The molecule has 11 nitrogen and oxygen atoms in total. The summed E-state index contributed by atoms with van der Waals surface area (Å²) in [6.45, 7) is 3.85. The van der Waals surface area contributed by atoms with Crippen molar-refractivity contribution in [3.05, 3.63) is 66.0 Å². The SMILES string of the molecule is CC.N/C(=N\O)c1ccnc(OCCN(N)C(=O)c2cc(-c3ccc(OC(F)(F)F)cc3)ccc2N)n1. The fourth-order valence-electron chi connectivity index (χ4n) is 2.87. The van der Waals surface area contributed by atoms with Gasteiger partial charge in [-0.1, -0.05) is 37.2 Å². The monoisotopic (exact) mass is 521 g/mol. The molecule has 0 radical (unpaired) electrons. The van der Waals surface area contributed by atoms with E-state index < -0.39 is 12.3 Å². The van der Waals surface area contributed by atoms with Crippen LogP contribution in [0, 0.1) is 0 Å². The number of nitrogen functional groups attached to an aromatic ring is 1. The smallest absolute Gasteiger partial charge is 0.461 e. The number of carbonyl (C=O) groups is 1. The number of carbonyl (C=O) groups excluding carboxylic acids is 1. The van der Waals surface area contributed by atoms with Crippen LogP contribution in [0.3, 0.4) is 0 Å². The lowest BCUT2D eigenvalue weighted by molar-refractivity contribution is -0.274. The van der Waals surface area contributed by atoms with Gasteiger partial charge in [0.25, 0.3) is 5.91 Å². The standard InChI is InChI=1S/C21H20F3N7O4.C2H6/c22-21(23,24)35-14-4-1-12(2-5-14)13-3-6-16(25)15(11-13)19(32)31(27)9-10-34-20-28-8-7-17(29-20)18(26)30-33;1-2/h1-8,11,33H,9-10,25,27H2,(H2,26,30);1-2H3. The van der Waals surface area contributed by atoms with E-state index in [-0.39, 0.29) is 47.7 Å². The topological polar surface area (TPSA) is 175 Å². The first kappa shape index (κ1) is 28.6. The second-order valence-electron chi connectivity index (χ2n) is 6.93. The van der Waals surface area contributed by atoms with E-state index in [0.717, 1.165) is 17.1 Å². The van der Waals surface area contributed by atoms with Crippen LogP contribution < -0.4 is 26.8 Å². The third-order valence-corrected chi connectivity index (χ3v) is 4.53. The highest BCUT2D eigenvalue weighted by Gasteiger charge is 2.31. The molecule has 14 heteroatoms. The minimum absolute atomic E-state index is 0.0663. The average Bonchev–Trinajstić information content (AvgIpc) is 2.89. The van der Waals surface area contributed by atoms with Crippen molar-refractivity contribution in [1.29, 1.82) is 0 Å². The highest BCUT2D eigenvalue weighted by molar-refractivity contribution is 6.00. The average molecular weight is 522 g/mol. The highest BCUT2D eigenvalue weighted by atomic mass is 19.4. The number of aromatic nitrogens is 2. The van der Waals surface area contributed by atoms with Gasteiger partial charge in [0.1, 0.15) is 18.1 Å². The molecule has 1 amide bonds. The van der Waals surface area contributed by atoms with Gasteiger partial charge in [-0.25, -0.2) is 10.8 Å². The second kappa shape index (κ2) is 12.9. The Morgan fingerprint density at radius 1 is 1.11 bits per heavy atom. The molecule has 2 aromatic carbocycles. The van der Waals surface area contributed by atoms with Crippen molar-refractivity contribution in [2.24, 2.45) is 16.7 Å². The van der Waals surface area contributed by atoms with Crippen molar-refractivity contribution in [3.63, 3.8) is 0 Å². The Labute approximate surface area is 210 Å². The molecule has 0 bridgehead atoms. The van der Waals surface area contributed by atoms with Gasteiger partial charge in [-0.15, -0.1) is 13.2 Å². The molecule has 1 heterocycles. The van der Waals surface area contributed by atoms with Gasteiger partial charge in [0.15, 0.2) is 5.84 Å². The molecule has 0 atom stereocenters. The number of hydrogen-bond donors (Lipinski definition) is 4. The Morgan fingerprint density at radius 3 is 2.38 bits per heavy atom. The van der Waals surface area contributed by atoms with Crippen molar-refractivity contribution in [2.75, 3.05) is 18.9 Å². The summed E-state index contributed by atoms with van der Waals surface area (Å²) in [5.74, 6) is 4.64. The maximum Gasteiger partial charge on any atom is 0.573 e. The zero-order valence-electron chi connectivity index (χ0n) is 19.9. The van der Waals surface area contributed by atoms with Crippen LogP contribution in [0.2, 0.25) is 0 Å². The van der Waals surface area contributed by atoms with E-state index in [9.17, 15) is 18.0 Å². The van der Waals surface area contributed by atoms with Crippen molar-refractivity contribution in [3.8, 4) is 22.9 Å². The van der Waals surface area contributed by atoms with E-state index in [0.29, 0.717) is 11.1 Å². The number of oxime groups is 1. The number of amidine groups is 1. The Bertz CT molecular complexity index is 1220. The van der Waals surface area contributed by atoms with Crippen LogP contribution in [0.25, 0.3) is 11.1 Å². The number of hydrogen-bond acceptors (Lipinski definition) is 9. The molecule has 0 unspecified atom stereocenters. The molecule has 0 saturated heterocycles. The number of nitrogens with two attached hydrogens (primary N) is 3. The number of alkyl halides is 3. The molecule has 7 N–H and O–H groups in total. The Hall–Kier alpha value is -4.59. The predicted octanol–water partition coefficient (Wildman–Crippen LogP) is 3.14. The summed E-state index contributed by atoms with van der Waals surface area (Å²) in [6, 6.07) is 11.0. The van der Waals surface area contributed by atoms with Crippen molar-refractivity contribution in [1.82, 2.24) is 15.0 Å². The fraction of sp³-hybridized carbons (Fsp3) is 0.217. The number of rotatable bonds is 8. The molecule has 3 rings (SSSR count). The molecular formula is C23H26F3N7O4. The van der Waals surface area contributed by atoms with Gasteiger partial charge in [0.2, 0.25) is 0 Å². The normalized spacial score (nSPS) is 11.2. The molecule has 0 saturated carbocycles. The molecule has 0 aliphatic heterocycles. The van der Waals surface area contributed by atoms with Crippen molar-refractivity contribution < 1.29 is 32.6 Å². The van der Waals surface area contributed by atoms with Crippen LogP contribution in [0.5, 0.6) is 11.8 Å². The maximum atomic E-state index is 12.8. The van der Waals surface area contributed by atoms with E-state index in [1.54, 1.807) is 6.07 Å². The molecule has 1 aromatic heterocycles. The minimum atomic E-state index is -4.80. The molecular weight excluding hydrogens is 495 g/mol. The van der Waals surface area contributed by atoms with E-state index >= 15 is 0 Å². The van der Waals surface area contributed by atoms with Gasteiger partial charge in [0.05, 0.1) is 12.1 Å². The molecule has 3 aromatic rings. The van der Waals surface area contributed by atoms with Crippen LogP contribution in [0.1, 0.15) is 29.9 Å². The number of hydrazine groups is 1. The first-order chi connectivity index (χ1) is 17.6. The van der Waals surface area contributed by atoms with E-state index in [1.807, 2.05) is 13.8 Å². The second-order valence-corrected chi connectivity index (χ2v) is 6.93. The minimum Gasteiger partial charge on any atom is -0.461 e. The highest BCUT2D eigenvalue weighted by Crippen LogP contribution is 2.28. The third kappa shape index (κ3) is 8.24. The van der Waals surface area contributed by atoms with Gasteiger partial charge in [-0.2, -0.15) is 4.98 Å². The predicted molar refractivity (Wildman–Crippen MR) is 130 cm³/mol. The largest absolute Gasteiger partial charge is 0.573 e. The van der Waals surface area contributed by atoms with Crippen molar-refractivity contribution >= 4 is 17.4 Å². The van der Waals surface area contributed by atoms with Crippen LogP contribution in [0.15, 0.2) is 59.9 Å². The summed E-state index contributed by atoms with van der Waals surface area (Å²) in [4.78, 5) is 20.6. The van der Waals surface area contributed by atoms with Crippen molar-refractivity contribution in [2.45, 2.75) is 20.2 Å². The molecule has 0 aliphatic rings. The number of halogens is 3. The van der Waals surface area contributed by atoms with E-state index in [1.165, 1.54) is 36.5 Å². The van der Waals surface area contributed by atoms with Crippen LogP contribution in [0.4, 0.5) is 18.9 Å². The maximum absolute atomic E-state index is 12.8.